The normalized spacial score (nSPS) is 23.1. The highest BCUT2D eigenvalue weighted by molar-refractivity contribution is 5.85. The first-order valence-corrected chi connectivity index (χ1v) is 7.52. The lowest BCUT2D eigenvalue weighted by Crippen LogP contribution is -2.44. The van der Waals surface area contributed by atoms with Crippen molar-refractivity contribution < 1.29 is 4.79 Å². The molecule has 1 N–H and O–H groups in total. The molecule has 1 atom stereocenters. The zero-order valence-electron chi connectivity index (χ0n) is 11.7. The van der Waals surface area contributed by atoms with Crippen LogP contribution in [0, 0.1) is 16.7 Å². The molecule has 0 spiro atoms. The number of carbonyl (C=O) groups excluding carboxylic acids is 1. The van der Waals surface area contributed by atoms with E-state index in [0.29, 0.717) is 12.5 Å². The van der Waals surface area contributed by atoms with Crippen molar-refractivity contribution in [2.75, 3.05) is 6.54 Å². The van der Waals surface area contributed by atoms with E-state index in [2.05, 4.69) is 29.6 Å². The number of nitrogens with zero attached hydrogens (tertiary/aromatic N) is 1. The summed E-state index contributed by atoms with van der Waals surface area (Å²) in [5, 5.41) is 12.4. The molecule has 0 aromatic heterocycles. The number of amides is 1. The van der Waals surface area contributed by atoms with Gasteiger partial charge in [0.2, 0.25) is 5.91 Å². The fourth-order valence-electron chi connectivity index (χ4n) is 3.47. The summed E-state index contributed by atoms with van der Waals surface area (Å²) in [4.78, 5) is 12.4. The van der Waals surface area contributed by atoms with E-state index in [1.165, 1.54) is 11.1 Å². The third-order valence-electron chi connectivity index (χ3n) is 4.83. The third kappa shape index (κ3) is 2.20. The van der Waals surface area contributed by atoms with Gasteiger partial charge in [-0.15, -0.1) is 0 Å². The number of nitrogens with one attached hydrogen (secondary N) is 1. The van der Waals surface area contributed by atoms with Crippen LogP contribution in [-0.4, -0.2) is 12.5 Å². The Morgan fingerprint density at radius 1 is 1.30 bits per heavy atom. The summed E-state index contributed by atoms with van der Waals surface area (Å²) < 4.78 is 0. The summed E-state index contributed by atoms with van der Waals surface area (Å²) >= 11 is 0. The van der Waals surface area contributed by atoms with Crippen LogP contribution in [0.15, 0.2) is 24.3 Å². The predicted octanol–water partition coefficient (Wildman–Crippen LogP) is 2.92. The van der Waals surface area contributed by atoms with Crippen molar-refractivity contribution in [3.05, 3.63) is 35.4 Å². The first-order chi connectivity index (χ1) is 9.75. The Labute approximate surface area is 120 Å². The van der Waals surface area contributed by atoms with Gasteiger partial charge in [-0.3, -0.25) is 4.79 Å². The molecule has 0 radical (unpaired) electrons. The molecule has 0 bridgehead atoms. The van der Waals surface area contributed by atoms with Crippen LogP contribution in [0.25, 0.3) is 0 Å². The minimum absolute atomic E-state index is 0.0518. The highest BCUT2D eigenvalue weighted by atomic mass is 16.2. The molecule has 3 rings (SSSR count). The second-order valence-corrected chi connectivity index (χ2v) is 6.06. The summed E-state index contributed by atoms with van der Waals surface area (Å²) in [5.74, 6) is 0.374. The lowest BCUT2D eigenvalue weighted by molar-refractivity contribution is -0.129. The largest absolute Gasteiger partial charge is 0.354 e. The van der Waals surface area contributed by atoms with E-state index in [4.69, 9.17) is 0 Å². The maximum Gasteiger partial charge on any atom is 0.240 e. The van der Waals surface area contributed by atoms with Gasteiger partial charge in [-0.1, -0.05) is 43.5 Å². The second-order valence-electron chi connectivity index (χ2n) is 6.06. The number of fused-ring (bicyclic) bond motifs is 1. The maximum absolute atomic E-state index is 12.4. The van der Waals surface area contributed by atoms with Crippen LogP contribution in [0.3, 0.4) is 0 Å². The maximum atomic E-state index is 12.4. The Kier molecular flexibility index (Phi) is 3.48. The van der Waals surface area contributed by atoms with Crippen molar-refractivity contribution in [3.8, 4) is 6.07 Å². The van der Waals surface area contributed by atoms with Crippen LogP contribution < -0.4 is 5.32 Å². The Bertz CT molecular complexity index is 552. The number of rotatable bonds is 3. The van der Waals surface area contributed by atoms with Crippen molar-refractivity contribution in [2.45, 2.75) is 44.4 Å². The van der Waals surface area contributed by atoms with Gasteiger partial charge in [0.15, 0.2) is 0 Å². The zero-order chi connectivity index (χ0) is 14.0. The smallest absolute Gasteiger partial charge is 0.240 e. The molecule has 1 saturated carbocycles. The van der Waals surface area contributed by atoms with Crippen molar-refractivity contribution in [1.82, 2.24) is 5.32 Å². The van der Waals surface area contributed by atoms with E-state index in [0.717, 1.165) is 38.5 Å². The standard InChI is InChI=1S/C17H20N2O/c18-12-17(8-4-1-5-9-17)16(20)19-11-14-10-13-6-2-3-7-15(13)14/h2-3,6-7,14H,1,4-5,8-11H2,(H,19,20). The summed E-state index contributed by atoms with van der Waals surface area (Å²) in [6, 6.07) is 10.7. The molecule has 20 heavy (non-hydrogen) atoms. The fraction of sp³-hybridized carbons (Fsp3) is 0.529. The van der Waals surface area contributed by atoms with Gasteiger partial charge in [-0.25, -0.2) is 0 Å². The van der Waals surface area contributed by atoms with E-state index >= 15 is 0 Å². The van der Waals surface area contributed by atoms with Gasteiger partial charge >= 0.3 is 0 Å². The predicted molar refractivity (Wildman–Crippen MR) is 77.0 cm³/mol. The van der Waals surface area contributed by atoms with Gasteiger partial charge in [0.05, 0.1) is 6.07 Å². The Morgan fingerprint density at radius 2 is 2.05 bits per heavy atom. The van der Waals surface area contributed by atoms with E-state index in [-0.39, 0.29) is 5.91 Å². The molecule has 2 aliphatic rings. The van der Waals surface area contributed by atoms with Crippen molar-refractivity contribution in [2.24, 2.45) is 5.41 Å². The van der Waals surface area contributed by atoms with Gasteiger partial charge < -0.3 is 5.32 Å². The quantitative estimate of drug-likeness (QED) is 0.916. The zero-order valence-corrected chi connectivity index (χ0v) is 11.7. The average molecular weight is 268 g/mol. The molecule has 3 heteroatoms. The minimum atomic E-state index is -0.762. The first-order valence-electron chi connectivity index (χ1n) is 7.52. The SMILES string of the molecule is N#CC1(C(=O)NCC2Cc3ccccc32)CCCCC1. The summed E-state index contributed by atoms with van der Waals surface area (Å²) in [7, 11) is 0. The van der Waals surface area contributed by atoms with Crippen molar-refractivity contribution in [1.29, 1.82) is 5.26 Å². The van der Waals surface area contributed by atoms with Crippen LogP contribution in [0.4, 0.5) is 0 Å². The van der Waals surface area contributed by atoms with Gasteiger partial charge in [0, 0.05) is 12.5 Å². The number of nitriles is 1. The number of hydrogen-bond acceptors (Lipinski definition) is 2. The molecule has 1 fully saturated rings. The Morgan fingerprint density at radius 3 is 2.75 bits per heavy atom. The molecular weight excluding hydrogens is 248 g/mol. The lowest BCUT2D eigenvalue weighted by atomic mass is 9.74. The molecule has 0 heterocycles. The molecule has 1 aromatic carbocycles. The van der Waals surface area contributed by atoms with E-state index in [1.54, 1.807) is 0 Å². The van der Waals surface area contributed by atoms with Crippen molar-refractivity contribution >= 4 is 5.91 Å². The van der Waals surface area contributed by atoms with Crippen LogP contribution in [0.1, 0.15) is 49.1 Å². The van der Waals surface area contributed by atoms with Crippen LogP contribution in [0.5, 0.6) is 0 Å². The molecular formula is C17H20N2O. The number of benzene rings is 1. The van der Waals surface area contributed by atoms with Crippen LogP contribution in [0.2, 0.25) is 0 Å². The highest BCUT2D eigenvalue weighted by Crippen LogP contribution is 2.37. The molecule has 1 aromatic rings. The van der Waals surface area contributed by atoms with Crippen LogP contribution >= 0.6 is 0 Å². The minimum Gasteiger partial charge on any atom is -0.354 e. The summed E-state index contributed by atoms with van der Waals surface area (Å²) in [5.41, 5.74) is 1.98. The second kappa shape index (κ2) is 5.28. The van der Waals surface area contributed by atoms with E-state index < -0.39 is 5.41 Å². The molecule has 0 saturated heterocycles. The van der Waals surface area contributed by atoms with Crippen LogP contribution in [-0.2, 0) is 11.2 Å². The fourth-order valence-corrected chi connectivity index (χ4v) is 3.47. The third-order valence-corrected chi connectivity index (χ3v) is 4.83. The molecule has 1 unspecified atom stereocenters. The Balaban J connectivity index is 1.59. The molecule has 104 valence electrons. The van der Waals surface area contributed by atoms with Gasteiger partial charge in [-0.2, -0.15) is 5.26 Å². The summed E-state index contributed by atoms with van der Waals surface area (Å²) in [6.45, 7) is 0.666. The van der Waals surface area contributed by atoms with Gasteiger partial charge in [0.1, 0.15) is 5.41 Å². The van der Waals surface area contributed by atoms with E-state index in [9.17, 15) is 10.1 Å². The number of hydrogen-bond donors (Lipinski definition) is 1. The average Bonchev–Trinajstić information content (AvgIpc) is 2.48. The van der Waals surface area contributed by atoms with E-state index in [1.807, 2.05) is 6.07 Å². The number of carbonyl (C=O) groups is 1. The molecule has 2 aliphatic carbocycles. The monoisotopic (exact) mass is 268 g/mol. The van der Waals surface area contributed by atoms with Gasteiger partial charge in [0.25, 0.3) is 0 Å². The lowest BCUT2D eigenvalue weighted by Gasteiger charge is -2.33. The Hall–Kier alpha value is -1.82. The van der Waals surface area contributed by atoms with Gasteiger partial charge in [-0.05, 0) is 30.4 Å². The summed E-state index contributed by atoms with van der Waals surface area (Å²) in [6.07, 6.45) is 5.61. The molecule has 0 aliphatic heterocycles. The highest BCUT2D eigenvalue weighted by Gasteiger charge is 2.40. The molecule has 3 nitrogen and oxygen atoms in total. The topological polar surface area (TPSA) is 52.9 Å². The first kappa shape index (κ1) is 13.2. The van der Waals surface area contributed by atoms with Crippen molar-refractivity contribution in [3.63, 3.8) is 0 Å². The molecule has 1 amide bonds.